The Morgan fingerprint density at radius 1 is 1.15 bits per heavy atom. The monoisotopic (exact) mass is 436 g/mol. The molecule has 0 saturated carbocycles. The second kappa shape index (κ2) is 8.66. The van der Waals surface area contributed by atoms with E-state index in [2.05, 4.69) is 26.6 Å². The largest absolute Gasteiger partial charge is 0.376 e. The van der Waals surface area contributed by atoms with Gasteiger partial charge in [-0.05, 0) is 43.2 Å². The fourth-order valence-electron chi connectivity index (χ4n) is 2.76. The van der Waals surface area contributed by atoms with Gasteiger partial charge in [-0.25, -0.2) is 0 Å². The zero-order valence-corrected chi connectivity index (χ0v) is 16.3. The molecule has 0 spiro atoms. The first kappa shape index (κ1) is 18.9. The summed E-state index contributed by atoms with van der Waals surface area (Å²) in [6, 6.07) is 11.9. The van der Waals surface area contributed by atoms with E-state index in [1.165, 1.54) is 0 Å². The van der Waals surface area contributed by atoms with Gasteiger partial charge in [0.15, 0.2) is 0 Å². The number of anilines is 1. The molecule has 26 heavy (non-hydrogen) atoms. The summed E-state index contributed by atoms with van der Waals surface area (Å²) < 4.78 is 6.26. The van der Waals surface area contributed by atoms with Gasteiger partial charge >= 0.3 is 0 Å². The second-order valence-electron chi connectivity index (χ2n) is 5.97. The molecule has 0 radical (unpaired) electrons. The fraction of sp³-hybridized carbons (Fsp3) is 0.263. The zero-order chi connectivity index (χ0) is 18.5. The Kier molecular flexibility index (Phi) is 6.29. The summed E-state index contributed by atoms with van der Waals surface area (Å²) in [7, 11) is 0. The van der Waals surface area contributed by atoms with Crippen molar-refractivity contribution >= 4 is 45.0 Å². The molecule has 3 rings (SSSR count). The van der Waals surface area contributed by atoms with Crippen LogP contribution in [0.15, 0.2) is 46.9 Å². The minimum atomic E-state index is -0.379. The van der Waals surface area contributed by atoms with E-state index < -0.39 is 0 Å². The van der Waals surface area contributed by atoms with Gasteiger partial charge in [-0.2, -0.15) is 0 Å². The van der Waals surface area contributed by atoms with Crippen LogP contribution in [0.25, 0.3) is 0 Å². The Morgan fingerprint density at radius 2 is 1.96 bits per heavy atom. The number of rotatable bonds is 5. The number of ether oxygens (including phenoxy) is 1. The number of hydrogen-bond acceptors (Lipinski definition) is 3. The molecule has 5 nitrogen and oxygen atoms in total. The molecule has 1 aliphatic rings. The van der Waals surface area contributed by atoms with Crippen LogP contribution >= 0.6 is 27.5 Å². The van der Waals surface area contributed by atoms with Gasteiger partial charge in [-0.15, -0.1) is 0 Å². The number of para-hydroxylation sites is 1. The molecule has 1 saturated heterocycles. The highest BCUT2D eigenvalue weighted by molar-refractivity contribution is 9.10. The van der Waals surface area contributed by atoms with Crippen molar-refractivity contribution in [3.8, 4) is 0 Å². The predicted octanol–water partition coefficient (Wildman–Crippen LogP) is 4.26. The van der Waals surface area contributed by atoms with Crippen LogP contribution in [0.1, 0.15) is 33.6 Å². The molecule has 0 aromatic heterocycles. The molecule has 1 heterocycles. The lowest BCUT2D eigenvalue weighted by Gasteiger charge is -2.14. The number of amides is 2. The first-order valence-electron chi connectivity index (χ1n) is 8.30. The van der Waals surface area contributed by atoms with E-state index in [9.17, 15) is 9.59 Å². The molecule has 2 aromatic rings. The highest BCUT2D eigenvalue weighted by Gasteiger charge is 2.19. The predicted molar refractivity (Wildman–Crippen MR) is 105 cm³/mol. The highest BCUT2D eigenvalue weighted by Crippen LogP contribution is 2.23. The summed E-state index contributed by atoms with van der Waals surface area (Å²) in [6.07, 6.45) is 2.02. The van der Waals surface area contributed by atoms with E-state index in [4.69, 9.17) is 16.3 Å². The third-order valence-electron chi connectivity index (χ3n) is 4.11. The molecule has 2 N–H and O–H groups in total. The Hall–Kier alpha value is -1.89. The minimum Gasteiger partial charge on any atom is -0.376 e. The Balaban J connectivity index is 1.73. The van der Waals surface area contributed by atoms with Crippen molar-refractivity contribution in [1.29, 1.82) is 0 Å². The average Bonchev–Trinajstić information content (AvgIpc) is 3.15. The van der Waals surface area contributed by atoms with Crippen LogP contribution < -0.4 is 10.6 Å². The highest BCUT2D eigenvalue weighted by atomic mass is 79.9. The number of hydrogen-bond donors (Lipinski definition) is 2. The van der Waals surface area contributed by atoms with Crippen molar-refractivity contribution in [2.45, 2.75) is 18.9 Å². The van der Waals surface area contributed by atoms with Gasteiger partial charge in [0.2, 0.25) is 0 Å². The lowest BCUT2D eigenvalue weighted by atomic mass is 10.1. The van der Waals surface area contributed by atoms with Crippen molar-refractivity contribution in [1.82, 2.24) is 5.32 Å². The summed E-state index contributed by atoms with van der Waals surface area (Å²) in [4.78, 5) is 25.1. The minimum absolute atomic E-state index is 0.0566. The van der Waals surface area contributed by atoms with Gasteiger partial charge in [-0.1, -0.05) is 39.7 Å². The lowest BCUT2D eigenvalue weighted by Crippen LogP contribution is -2.32. The quantitative estimate of drug-likeness (QED) is 0.734. The van der Waals surface area contributed by atoms with Gasteiger partial charge in [0.05, 0.1) is 27.9 Å². The average molecular weight is 438 g/mol. The molecule has 0 aliphatic carbocycles. The lowest BCUT2D eigenvalue weighted by molar-refractivity contribution is 0.0858. The van der Waals surface area contributed by atoms with Crippen molar-refractivity contribution in [2.75, 3.05) is 18.5 Å². The topological polar surface area (TPSA) is 67.4 Å². The SMILES string of the molecule is O=C(Nc1ccccc1C(=O)NC[C@@H]1CCCO1)c1cc(Br)ccc1Cl. The summed E-state index contributed by atoms with van der Waals surface area (Å²) in [6.45, 7) is 1.19. The fourth-order valence-corrected chi connectivity index (χ4v) is 3.32. The van der Waals surface area contributed by atoms with Crippen LogP contribution in [-0.4, -0.2) is 31.1 Å². The maximum atomic E-state index is 12.6. The van der Waals surface area contributed by atoms with Crippen molar-refractivity contribution < 1.29 is 14.3 Å². The van der Waals surface area contributed by atoms with Crippen LogP contribution in [0.5, 0.6) is 0 Å². The van der Waals surface area contributed by atoms with E-state index in [0.717, 1.165) is 23.9 Å². The van der Waals surface area contributed by atoms with E-state index in [1.54, 1.807) is 42.5 Å². The third kappa shape index (κ3) is 4.63. The van der Waals surface area contributed by atoms with Gasteiger partial charge in [-0.3, -0.25) is 9.59 Å². The van der Waals surface area contributed by atoms with E-state index in [-0.39, 0.29) is 17.9 Å². The number of halogens is 2. The van der Waals surface area contributed by atoms with Crippen molar-refractivity contribution in [3.63, 3.8) is 0 Å². The Morgan fingerprint density at radius 3 is 2.73 bits per heavy atom. The smallest absolute Gasteiger partial charge is 0.257 e. The third-order valence-corrected chi connectivity index (χ3v) is 4.93. The molecule has 2 amide bonds. The van der Waals surface area contributed by atoms with Gasteiger partial charge in [0.1, 0.15) is 0 Å². The first-order valence-corrected chi connectivity index (χ1v) is 9.47. The number of carbonyl (C=O) groups excluding carboxylic acids is 2. The van der Waals surface area contributed by atoms with E-state index in [0.29, 0.717) is 28.4 Å². The maximum absolute atomic E-state index is 12.6. The molecule has 136 valence electrons. The van der Waals surface area contributed by atoms with Crippen LogP contribution in [0.2, 0.25) is 5.02 Å². The second-order valence-corrected chi connectivity index (χ2v) is 7.29. The number of benzene rings is 2. The van der Waals surface area contributed by atoms with Gasteiger partial charge < -0.3 is 15.4 Å². The van der Waals surface area contributed by atoms with Crippen molar-refractivity contribution in [2.24, 2.45) is 0 Å². The molecule has 1 aliphatic heterocycles. The number of nitrogens with one attached hydrogen (secondary N) is 2. The Labute approximate surface area is 165 Å². The zero-order valence-electron chi connectivity index (χ0n) is 13.9. The van der Waals surface area contributed by atoms with Crippen LogP contribution in [0.3, 0.4) is 0 Å². The molecule has 1 fully saturated rings. The molecular weight excluding hydrogens is 420 g/mol. The number of carbonyl (C=O) groups is 2. The normalized spacial score (nSPS) is 16.3. The summed E-state index contributed by atoms with van der Waals surface area (Å²) in [5.41, 5.74) is 1.15. The van der Waals surface area contributed by atoms with Gasteiger partial charge in [0, 0.05) is 17.6 Å². The van der Waals surface area contributed by atoms with Gasteiger partial charge in [0.25, 0.3) is 11.8 Å². The summed E-state index contributed by atoms with van der Waals surface area (Å²) in [5.74, 6) is -0.632. The first-order chi connectivity index (χ1) is 12.5. The summed E-state index contributed by atoms with van der Waals surface area (Å²) >= 11 is 9.43. The molecule has 0 unspecified atom stereocenters. The molecule has 0 bridgehead atoms. The molecule has 7 heteroatoms. The molecular formula is C19H18BrClN2O3. The van der Waals surface area contributed by atoms with Crippen LogP contribution in [-0.2, 0) is 4.74 Å². The molecule has 1 atom stereocenters. The Bertz CT molecular complexity index is 822. The van der Waals surface area contributed by atoms with Crippen molar-refractivity contribution in [3.05, 3.63) is 63.1 Å². The molecule has 2 aromatic carbocycles. The van der Waals surface area contributed by atoms with Crippen LogP contribution in [0, 0.1) is 0 Å². The van der Waals surface area contributed by atoms with Crippen LogP contribution in [0.4, 0.5) is 5.69 Å². The van der Waals surface area contributed by atoms with E-state index >= 15 is 0 Å². The standard InChI is InChI=1S/C19H18BrClN2O3/c20-12-7-8-16(21)15(10-12)19(25)23-17-6-2-1-5-14(17)18(24)22-11-13-4-3-9-26-13/h1-2,5-8,10,13H,3-4,9,11H2,(H,22,24)(H,23,25)/t13-/m0/s1. The summed E-state index contributed by atoms with van der Waals surface area (Å²) in [5, 5.41) is 5.97. The van der Waals surface area contributed by atoms with E-state index in [1.807, 2.05) is 0 Å². The maximum Gasteiger partial charge on any atom is 0.257 e.